The second kappa shape index (κ2) is 6.35. The number of carbonyl (C=O) groups excluding carboxylic acids is 1. The van der Waals surface area contributed by atoms with Crippen LogP contribution in [0.5, 0.6) is 5.88 Å². The molecule has 0 saturated heterocycles. The highest BCUT2D eigenvalue weighted by molar-refractivity contribution is 5.99. The number of methoxy groups -OCH3 is 1. The fraction of sp³-hybridized carbons (Fsp3) is 0.263. The number of benzene rings is 1. The number of nitrogens with one attached hydrogen (secondary N) is 2. The normalized spacial score (nSPS) is 11.5. The molecule has 0 spiro atoms. The molecule has 0 aliphatic rings. The minimum absolute atomic E-state index is 0.191. The Morgan fingerprint density at radius 3 is 2.71 bits per heavy atom. The standard InChI is InChI=1S/C19H21N3O2/c1-19(2,12-13-7-5-4-6-8-13)22-17(23)15-11-14-9-10-20-16(14)21-18(15)24-3/h4-11H,12H2,1-3H3,(H,20,21)(H,22,23). The first-order valence-electron chi connectivity index (χ1n) is 7.87. The van der Waals surface area contributed by atoms with Gasteiger partial charge in [-0.2, -0.15) is 4.98 Å². The Morgan fingerprint density at radius 1 is 1.25 bits per heavy atom. The maximum Gasteiger partial charge on any atom is 0.257 e. The summed E-state index contributed by atoms with van der Waals surface area (Å²) in [6.07, 6.45) is 2.53. The maximum absolute atomic E-state index is 12.8. The Kier molecular flexibility index (Phi) is 4.25. The Labute approximate surface area is 141 Å². The van der Waals surface area contributed by atoms with Gasteiger partial charge in [-0.15, -0.1) is 0 Å². The van der Waals surface area contributed by atoms with Crippen LogP contribution >= 0.6 is 0 Å². The van der Waals surface area contributed by atoms with Gasteiger partial charge >= 0.3 is 0 Å². The van der Waals surface area contributed by atoms with Crippen LogP contribution in [0.15, 0.2) is 48.7 Å². The van der Waals surface area contributed by atoms with E-state index in [1.165, 1.54) is 12.7 Å². The molecule has 0 bridgehead atoms. The third-order valence-corrected chi connectivity index (χ3v) is 3.88. The van der Waals surface area contributed by atoms with E-state index in [1.807, 2.05) is 38.1 Å². The van der Waals surface area contributed by atoms with Gasteiger partial charge in [-0.3, -0.25) is 4.79 Å². The average Bonchev–Trinajstić information content (AvgIpc) is 3.00. The maximum atomic E-state index is 12.8. The summed E-state index contributed by atoms with van der Waals surface area (Å²) in [4.78, 5) is 20.1. The SMILES string of the molecule is COc1nc2[nH]ccc2cc1C(=O)NC(C)(C)Cc1ccccc1. The number of H-pyrrole nitrogens is 1. The second-order valence-corrected chi connectivity index (χ2v) is 6.46. The van der Waals surface area contributed by atoms with Crippen molar-refractivity contribution in [2.45, 2.75) is 25.8 Å². The average molecular weight is 323 g/mol. The minimum atomic E-state index is -0.392. The van der Waals surface area contributed by atoms with Crippen LogP contribution in [0.3, 0.4) is 0 Å². The molecule has 24 heavy (non-hydrogen) atoms. The lowest BCUT2D eigenvalue weighted by Gasteiger charge is -2.26. The van der Waals surface area contributed by atoms with Gasteiger partial charge in [0.2, 0.25) is 5.88 Å². The van der Waals surface area contributed by atoms with Crippen molar-refractivity contribution in [1.82, 2.24) is 15.3 Å². The van der Waals surface area contributed by atoms with E-state index in [-0.39, 0.29) is 5.91 Å². The number of ether oxygens (including phenoxy) is 1. The highest BCUT2D eigenvalue weighted by atomic mass is 16.5. The highest BCUT2D eigenvalue weighted by Crippen LogP contribution is 2.22. The number of rotatable bonds is 5. The Hall–Kier alpha value is -2.82. The predicted octanol–water partition coefficient (Wildman–Crippen LogP) is 3.32. The lowest BCUT2D eigenvalue weighted by molar-refractivity contribution is 0.0909. The number of hydrogen-bond acceptors (Lipinski definition) is 3. The first kappa shape index (κ1) is 16.1. The Morgan fingerprint density at radius 2 is 2.00 bits per heavy atom. The van der Waals surface area contributed by atoms with E-state index in [0.29, 0.717) is 17.1 Å². The van der Waals surface area contributed by atoms with Crippen LogP contribution in [0.2, 0.25) is 0 Å². The molecule has 5 heteroatoms. The second-order valence-electron chi connectivity index (χ2n) is 6.46. The molecule has 124 valence electrons. The van der Waals surface area contributed by atoms with Crippen molar-refractivity contribution >= 4 is 16.9 Å². The van der Waals surface area contributed by atoms with Crippen LogP contribution in [0, 0.1) is 0 Å². The fourth-order valence-corrected chi connectivity index (χ4v) is 2.81. The van der Waals surface area contributed by atoms with E-state index in [4.69, 9.17) is 4.74 Å². The van der Waals surface area contributed by atoms with Gasteiger partial charge < -0.3 is 15.0 Å². The van der Waals surface area contributed by atoms with Crippen molar-refractivity contribution in [3.05, 3.63) is 59.8 Å². The monoisotopic (exact) mass is 323 g/mol. The first-order chi connectivity index (χ1) is 11.5. The molecule has 0 saturated carbocycles. The number of amides is 1. The molecule has 0 radical (unpaired) electrons. The molecule has 2 aromatic heterocycles. The molecule has 3 aromatic rings. The van der Waals surface area contributed by atoms with Crippen molar-refractivity contribution in [2.24, 2.45) is 0 Å². The van der Waals surface area contributed by atoms with Gasteiger partial charge in [0.05, 0.1) is 7.11 Å². The van der Waals surface area contributed by atoms with Gasteiger partial charge in [-0.1, -0.05) is 30.3 Å². The van der Waals surface area contributed by atoms with Gasteiger partial charge in [-0.05, 0) is 38.0 Å². The molecule has 5 nitrogen and oxygen atoms in total. The van der Waals surface area contributed by atoms with Gasteiger partial charge in [0.1, 0.15) is 11.2 Å². The Balaban J connectivity index is 1.83. The smallest absolute Gasteiger partial charge is 0.257 e. The molecule has 1 aromatic carbocycles. The van der Waals surface area contributed by atoms with Crippen LogP contribution in [-0.4, -0.2) is 28.5 Å². The summed E-state index contributed by atoms with van der Waals surface area (Å²) in [5, 5.41) is 3.96. The van der Waals surface area contributed by atoms with Gasteiger partial charge in [0.15, 0.2) is 0 Å². The van der Waals surface area contributed by atoms with E-state index in [0.717, 1.165) is 11.8 Å². The molecule has 2 heterocycles. The molecule has 0 aliphatic heterocycles. The number of nitrogens with zero attached hydrogens (tertiary/aromatic N) is 1. The third-order valence-electron chi connectivity index (χ3n) is 3.88. The number of hydrogen-bond donors (Lipinski definition) is 2. The summed E-state index contributed by atoms with van der Waals surface area (Å²) in [5.41, 5.74) is 1.92. The van der Waals surface area contributed by atoms with Crippen molar-refractivity contribution in [3.8, 4) is 5.88 Å². The van der Waals surface area contributed by atoms with Crippen LogP contribution in [0.1, 0.15) is 29.8 Å². The molecular formula is C19H21N3O2. The molecule has 3 rings (SSSR count). The zero-order valence-corrected chi connectivity index (χ0v) is 14.1. The highest BCUT2D eigenvalue weighted by Gasteiger charge is 2.24. The predicted molar refractivity (Wildman–Crippen MR) is 94.3 cm³/mol. The van der Waals surface area contributed by atoms with E-state index < -0.39 is 5.54 Å². The van der Waals surface area contributed by atoms with Gasteiger partial charge in [0, 0.05) is 17.1 Å². The van der Waals surface area contributed by atoms with E-state index >= 15 is 0 Å². The van der Waals surface area contributed by atoms with Gasteiger partial charge in [0.25, 0.3) is 5.91 Å². The van der Waals surface area contributed by atoms with Crippen molar-refractivity contribution in [2.75, 3.05) is 7.11 Å². The van der Waals surface area contributed by atoms with Crippen molar-refractivity contribution in [1.29, 1.82) is 0 Å². The summed E-state index contributed by atoms with van der Waals surface area (Å²) >= 11 is 0. The van der Waals surface area contributed by atoms with Crippen molar-refractivity contribution in [3.63, 3.8) is 0 Å². The summed E-state index contributed by atoms with van der Waals surface area (Å²) in [6.45, 7) is 4.01. The first-order valence-corrected chi connectivity index (χ1v) is 7.87. The minimum Gasteiger partial charge on any atom is -0.480 e. The molecule has 0 unspecified atom stereocenters. The third kappa shape index (κ3) is 3.40. The van der Waals surface area contributed by atoms with Crippen molar-refractivity contribution < 1.29 is 9.53 Å². The van der Waals surface area contributed by atoms with Crippen LogP contribution in [-0.2, 0) is 6.42 Å². The fourth-order valence-electron chi connectivity index (χ4n) is 2.81. The molecule has 1 amide bonds. The molecule has 0 atom stereocenters. The number of pyridine rings is 1. The molecule has 0 fully saturated rings. The quantitative estimate of drug-likeness (QED) is 0.757. The number of carbonyl (C=O) groups is 1. The van der Waals surface area contributed by atoms with E-state index in [9.17, 15) is 4.79 Å². The number of fused-ring (bicyclic) bond motifs is 1. The summed E-state index contributed by atoms with van der Waals surface area (Å²) < 4.78 is 5.28. The zero-order valence-electron chi connectivity index (χ0n) is 14.1. The van der Waals surface area contributed by atoms with Crippen LogP contribution < -0.4 is 10.1 Å². The molecule has 0 aliphatic carbocycles. The molecule has 2 N–H and O–H groups in total. The van der Waals surface area contributed by atoms with E-state index in [1.54, 1.807) is 12.3 Å². The topological polar surface area (TPSA) is 67.0 Å². The van der Waals surface area contributed by atoms with Gasteiger partial charge in [-0.25, -0.2) is 0 Å². The number of aromatic nitrogens is 2. The zero-order chi connectivity index (χ0) is 17.2. The molecular weight excluding hydrogens is 302 g/mol. The van der Waals surface area contributed by atoms with Crippen LogP contribution in [0.25, 0.3) is 11.0 Å². The van der Waals surface area contributed by atoms with E-state index in [2.05, 4.69) is 27.4 Å². The summed E-state index contributed by atoms with van der Waals surface area (Å²) in [5.74, 6) is 0.126. The lowest BCUT2D eigenvalue weighted by Crippen LogP contribution is -2.45. The summed E-state index contributed by atoms with van der Waals surface area (Å²) in [7, 11) is 1.52. The number of aromatic amines is 1. The largest absolute Gasteiger partial charge is 0.480 e. The summed E-state index contributed by atoms with van der Waals surface area (Å²) in [6, 6.07) is 13.8. The van der Waals surface area contributed by atoms with Crippen LogP contribution in [0.4, 0.5) is 0 Å². The Bertz CT molecular complexity index is 853. The lowest BCUT2D eigenvalue weighted by atomic mass is 9.94.